The van der Waals surface area contributed by atoms with Crippen molar-refractivity contribution in [1.29, 1.82) is 0 Å². The summed E-state index contributed by atoms with van der Waals surface area (Å²) in [6.07, 6.45) is 7.78. The van der Waals surface area contributed by atoms with Gasteiger partial charge in [0.15, 0.2) is 0 Å². The van der Waals surface area contributed by atoms with Gasteiger partial charge in [-0.3, -0.25) is 9.69 Å². The Balaban J connectivity index is 1.88. The van der Waals surface area contributed by atoms with E-state index in [0.717, 1.165) is 12.5 Å². The maximum absolute atomic E-state index is 11.7. The molecule has 2 saturated carbocycles. The van der Waals surface area contributed by atoms with Gasteiger partial charge in [0.2, 0.25) is 0 Å². The fourth-order valence-corrected chi connectivity index (χ4v) is 2.98. The molecule has 92 valence electrons. The van der Waals surface area contributed by atoms with Crippen LogP contribution in [0.5, 0.6) is 0 Å². The van der Waals surface area contributed by atoms with E-state index in [-0.39, 0.29) is 12.0 Å². The lowest BCUT2D eigenvalue weighted by atomic mass is 10.1. The van der Waals surface area contributed by atoms with Gasteiger partial charge in [0, 0.05) is 6.54 Å². The first-order chi connectivity index (χ1) is 7.72. The molecule has 3 heteroatoms. The fraction of sp³-hybridized carbons (Fsp3) is 0.923. The normalized spacial score (nSPS) is 23.7. The number of ether oxygens (including phenoxy) is 1. The lowest BCUT2D eigenvalue weighted by Gasteiger charge is -2.28. The standard InChI is InChI=1S/C13H23NO2/c1-14(9-10-5-3-4-6-10)12(11-7-8-11)13(15)16-2/h10-12H,3-9H2,1-2H3. The minimum Gasteiger partial charge on any atom is -0.468 e. The van der Waals surface area contributed by atoms with Crippen molar-refractivity contribution < 1.29 is 9.53 Å². The van der Waals surface area contributed by atoms with Crippen molar-refractivity contribution in [3.63, 3.8) is 0 Å². The van der Waals surface area contributed by atoms with Gasteiger partial charge in [-0.2, -0.15) is 0 Å². The molecule has 2 rings (SSSR count). The van der Waals surface area contributed by atoms with Crippen molar-refractivity contribution in [2.75, 3.05) is 20.7 Å². The molecular weight excluding hydrogens is 202 g/mol. The third-order valence-electron chi connectivity index (χ3n) is 4.01. The zero-order valence-corrected chi connectivity index (χ0v) is 10.4. The van der Waals surface area contributed by atoms with Crippen molar-refractivity contribution in [3.05, 3.63) is 0 Å². The highest BCUT2D eigenvalue weighted by Gasteiger charge is 2.40. The van der Waals surface area contributed by atoms with Crippen LogP contribution < -0.4 is 0 Å². The van der Waals surface area contributed by atoms with Gasteiger partial charge in [-0.05, 0) is 44.6 Å². The lowest BCUT2D eigenvalue weighted by molar-refractivity contribution is -0.147. The predicted molar refractivity (Wildman–Crippen MR) is 63.1 cm³/mol. The van der Waals surface area contributed by atoms with Crippen LogP contribution in [0.2, 0.25) is 0 Å². The molecule has 0 saturated heterocycles. The third kappa shape index (κ3) is 2.76. The summed E-state index contributed by atoms with van der Waals surface area (Å²) in [7, 11) is 3.58. The Morgan fingerprint density at radius 1 is 1.31 bits per heavy atom. The number of rotatable bonds is 5. The Labute approximate surface area is 98.1 Å². The van der Waals surface area contributed by atoms with E-state index in [0.29, 0.717) is 5.92 Å². The summed E-state index contributed by atoms with van der Waals surface area (Å²) in [6.45, 7) is 1.07. The van der Waals surface area contributed by atoms with E-state index in [1.165, 1.54) is 45.6 Å². The highest BCUT2D eigenvalue weighted by atomic mass is 16.5. The van der Waals surface area contributed by atoms with E-state index in [1.807, 2.05) is 0 Å². The summed E-state index contributed by atoms with van der Waals surface area (Å²) in [6, 6.07) is 0.0191. The quantitative estimate of drug-likeness (QED) is 0.671. The van der Waals surface area contributed by atoms with Crippen LogP contribution in [-0.4, -0.2) is 37.6 Å². The van der Waals surface area contributed by atoms with Crippen molar-refractivity contribution in [3.8, 4) is 0 Å². The summed E-state index contributed by atoms with van der Waals surface area (Å²) in [5, 5.41) is 0. The molecule has 0 radical (unpaired) electrons. The van der Waals surface area contributed by atoms with E-state index in [2.05, 4.69) is 11.9 Å². The van der Waals surface area contributed by atoms with Crippen LogP contribution in [0, 0.1) is 11.8 Å². The lowest BCUT2D eigenvalue weighted by Crippen LogP contribution is -2.43. The Bertz CT molecular complexity index is 244. The van der Waals surface area contributed by atoms with E-state index in [1.54, 1.807) is 0 Å². The number of carbonyl (C=O) groups is 1. The van der Waals surface area contributed by atoms with Gasteiger partial charge in [-0.15, -0.1) is 0 Å². The van der Waals surface area contributed by atoms with Crippen LogP contribution in [-0.2, 0) is 9.53 Å². The topological polar surface area (TPSA) is 29.5 Å². The molecule has 2 fully saturated rings. The summed E-state index contributed by atoms with van der Waals surface area (Å²) in [5.41, 5.74) is 0. The smallest absolute Gasteiger partial charge is 0.323 e. The SMILES string of the molecule is COC(=O)C(C1CC1)N(C)CC1CCCC1. The van der Waals surface area contributed by atoms with Gasteiger partial charge in [0.25, 0.3) is 0 Å². The summed E-state index contributed by atoms with van der Waals surface area (Å²) in [5.74, 6) is 1.32. The molecule has 0 aromatic heterocycles. The first kappa shape index (κ1) is 11.9. The number of esters is 1. The van der Waals surface area contributed by atoms with Crippen molar-refractivity contribution in [1.82, 2.24) is 4.90 Å². The molecule has 2 aliphatic rings. The number of hydrogen-bond acceptors (Lipinski definition) is 3. The molecule has 0 spiro atoms. The first-order valence-corrected chi connectivity index (χ1v) is 6.50. The van der Waals surface area contributed by atoms with Crippen molar-refractivity contribution in [2.45, 2.75) is 44.6 Å². The van der Waals surface area contributed by atoms with Crippen molar-refractivity contribution >= 4 is 5.97 Å². The molecule has 1 unspecified atom stereocenters. The van der Waals surface area contributed by atoms with Gasteiger partial charge in [0.1, 0.15) is 6.04 Å². The predicted octanol–water partition coefficient (Wildman–Crippen LogP) is 2.06. The second-order valence-electron chi connectivity index (χ2n) is 5.40. The zero-order valence-electron chi connectivity index (χ0n) is 10.4. The van der Waals surface area contributed by atoms with Gasteiger partial charge < -0.3 is 4.74 Å². The van der Waals surface area contributed by atoms with Gasteiger partial charge >= 0.3 is 5.97 Å². The maximum Gasteiger partial charge on any atom is 0.323 e. The van der Waals surface area contributed by atoms with E-state index < -0.39 is 0 Å². The van der Waals surface area contributed by atoms with E-state index >= 15 is 0 Å². The minimum absolute atomic E-state index is 0.0191. The molecule has 0 aromatic rings. The second kappa shape index (κ2) is 5.17. The zero-order chi connectivity index (χ0) is 11.5. The fourth-order valence-electron chi connectivity index (χ4n) is 2.98. The highest BCUT2D eigenvalue weighted by molar-refractivity contribution is 5.76. The molecular formula is C13H23NO2. The first-order valence-electron chi connectivity index (χ1n) is 6.50. The van der Waals surface area contributed by atoms with Crippen molar-refractivity contribution in [2.24, 2.45) is 11.8 Å². The van der Waals surface area contributed by atoms with Crippen LogP contribution in [0.1, 0.15) is 38.5 Å². The second-order valence-corrected chi connectivity index (χ2v) is 5.40. The number of nitrogens with zero attached hydrogens (tertiary/aromatic N) is 1. The van der Waals surface area contributed by atoms with Crippen LogP contribution in [0.25, 0.3) is 0 Å². The van der Waals surface area contributed by atoms with Crippen LogP contribution in [0.15, 0.2) is 0 Å². The molecule has 0 aromatic carbocycles. The average Bonchev–Trinajstić information content (AvgIpc) is 2.96. The summed E-state index contributed by atoms with van der Waals surface area (Å²) < 4.78 is 4.92. The molecule has 0 bridgehead atoms. The molecule has 0 N–H and O–H groups in total. The van der Waals surface area contributed by atoms with E-state index in [9.17, 15) is 4.79 Å². The Morgan fingerprint density at radius 2 is 1.94 bits per heavy atom. The number of hydrogen-bond donors (Lipinski definition) is 0. The summed E-state index contributed by atoms with van der Waals surface area (Å²) >= 11 is 0. The average molecular weight is 225 g/mol. The molecule has 1 atom stereocenters. The molecule has 3 nitrogen and oxygen atoms in total. The Morgan fingerprint density at radius 3 is 2.44 bits per heavy atom. The maximum atomic E-state index is 11.7. The third-order valence-corrected chi connectivity index (χ3v) is 4.01. The van der Waals surface area contributed by atoms with E-state index in [4.69, 9.17) is 4.74 Å². The van der Waals surface area contributed by atoms with Crippen LogP contribution >= 0.6 is 0 Å². The monoisotopic (exact) mass is 225 g/mol. The largest absolute Gasteiger partial charge is 0.468 e. The molecule has 0 heterocycles. The van der Waals surface area contributed by atoms with Gasteiger partial charge in [-0.1, -0.05) is 12.8 Å². The Kier molecular flexibility index (Phi) is 3.85. The van der Waals surface area contributed by atoms with Gasteiger partial charge in [0.05, 0.1) is 7.11 Å². The summed E-state index contributed by atoms with van der Waals surface area (Å²) in [4.78, 5) is 14.0. The minimum atomic E-state index is -0.0389. The molecule has 0 amide bonds. The molecule has 2 aliphatic carbocycles. The Hall–Kier alpha value is -0.570. The van der Waals surface area contributed by atoms with Gasteiger partial charge in [-0.25, -0.2) is 0 Å². The molecule has 16 heavy (non-hydrogen) atoms. The highest BCUT2D eigenvalue weighted by Crippen LogP contribution is 2.36. The number of carbonyl (C=O) groups excluding carboxylic acids is 1. The molecule has 0 aliphatic heterocycles. The van der Waals surface area contributed by atoms with Crippen LogP contribution in [0.4, 0.5) is 0 Å². The number of likely N-dealkylation sites (N-methyl/N-ethyl adjacent to an activating group) is 1. The number of methoxy groups -OCH3 is 1. The van der Waals surface area contributed by atoms with Crippen LogP contribution in [0.3, 0.4) is 0 Å².